The van der Waals surface area contributed by atoms with E-state index >= 15 is 0 Å². The van der Waals surface area contributed by atoms with Gasteiger partial charge in [0.15, 0.2) is 0 Å². The normalized spacial score (nSPS) is 18.7. The number of ether oxygens (including phenoxy) is 1. The van der Waals surface area contributed by atoms with Crippen LogP contribution in [0.2, 0.25) is 0 Å². The number of aryl methyl sites for hydroxylation is 1. The van der Waals surface area contributed by atoms with E-state index in [4.69, 9.17) is 4.74 Å². The molecule has 1 aromatic carbocycles. The highest BCUT2D eigenvalue weighted by Gasteiger charge is 2.41. The van der Waals surface area contributed by atoms with Crippen LogP contribution in [0.1, 0.15) is 64.1 Å². The predicted molar refractivity (Wildman–Crippen MR) is 147 cm³/mol. The van der Waals surface area contributed by atoms with Crippen LogP contribution in [0.5, 0.6) is 0 Å². The van der Waals surface area contributed by atoms with Crippen LogP contribution in [-0.4, -0.2) is 70.2 Å². The third-order valence-corrected chi connectivity index (χ3v) is 7.78. The fourth-order valence-corrected chi connectivity index (χ4v) is 5.34. The average Bonchev–Trinajstić information content (AvgIpc) is 3.53. The molecule has 0 aliphatic carbocycles. The minimum absolute atomic E-state index is 0.0358. The lowest BCUT2D eigenvalue weighted by Crippen LogP contribution is -2.53. The number of nitrogens with zero attached hydrogens (tertiary/aromatic N) is 2. The number of benzene rings is 1. The number of nitrogens with one attached hydrogen (secondary N) is 2. The van der Waals surface area contributed by atoms with Gasteiger partial charge >= 0.3 is 0 Å². The molecule has 1 aliphatic heterocycles. The number of unbranched alkanes of at least 4 members (excludes halogenated alkanes) is 1. The van der Waals surface area contributed by atoms with E-state index < -0.39 is 18.2 Å². The molecule has 0 spiro atoms. The number of aliphatic hydroxyl groups excluding tert-OH is 1. The van der Waals surface area contributed by atoms with Gasteiger partial charge in [0, 0.05) is 19.5 Å². The Morgan fingerprint density at radius 2 is 1.97 bits per heavy atom. The molecule has 2 heterocycles. The van der Waals surface area contributed by atoms with Crippen molar-refractivity contribution in [2.24, 2.45) is 0 Å². The number of aromatic nitrogens is 1. The van der Waals surface area contributed by atoms with Crippen LogP contribution in [0.4, 0.5) is 0 Å². The molecule has 0 saturated carbocycles. The number of thiazole rings is 1. The van der Waals surface area contributed by atoms with Crippen molar-refractivity contribution in [1.82, 2.24) is 20.5 Å². The summed E-state index contributed by atoms with van der Waals surface area (Å²) in [5.41, 5.74) is 4.80. The average molecular weight is 545 g/mol. The largest absolute Gasteiger partial charge is 0.391 e. The number of hydrogen-bond donors (Lipinski definition) is 3. The minimum Gasteiger partial charge on any atom is -0.391 e. The van der Waals surface area contributed by atoms with Crippen LogP contribution in [0.3, 0.4) is 0 Å². The van der Waals surface area contributed by atoms with Crippen LogP contribution < -0.4 is 10.6 Å². The smallest absolute Gasteiger partial charge is 0.246 e. The molecule has 10 heteroatoms. The number of likely N-dealkylation sites (tertiary alicyclic amines) is 1. The van der Waals surface area contributed by atoms with Gasteiger partial charge in [0.25, 0.3) is 0 Å². The number of rotatable bonds is 13. The molecule has 3 rings (SSSR count). The Bertz CT molecular complexity index is 1070. The molecule has 1 aromatic heterocycles. The first-order chi connectivity index (χ1) is 18.2. The Morgan fingerprint density at radius 1 is 1.24 bits per heavy atom. The zero-order valence-electron chi connectivity index (χ0n) is 22.7. The number of amides is 3. The molecule has 4 atom stereocenters. The van der Waals surface area contributed by atoms with E-state index in [0.717, 1.165) is 41.0 Å². The van der Waals surface area contributed by atoms with E-state index in [0.29, 0.717) is 13.0 Å². The second-order valence-corrected chi connectivity index (χ2v) is 10.7. The zero-order chi connectivity index (χ0) is 27.7. The molecule has 38 heavy (non-hydrogen) atoms. The highest BCUT2D eigenvalue weighted by molar-refractivity contribution is 7.13. The molecule has 1 fully saturated rings. The van der Waals surface area contributed by atoms with Gasteiger partial charge in [-0.15, -0.1) is 11.3 Å². The van der Waals surface area contributed by atoms with Crippen molar-refractivity contribution in [3.63, 3.8) is 0 Å². The SMILES string of the molecule is CCCC[C@H](C)OCC(=O)N[C@@H](CC)C(=O)N1C[C@H](O)C[C@H]1C(=O)NCc1ccc(-c2scnc2C)cc1. The van der Waals surface area contributed by atoms with Gasteiger partial charge in [0.05, 0.1) is 28.3 Å². The first-order valence-electron chi connectivity index (χ1n) is 13.4. The van der Waals surface area contributed by atoms with Gasteiger partial charge in [0.2, 0.25) is 17.7 Å². The fourth-order valence-electron chi connectivity index (χ4n) is 4.53. The van der Waals surface area contributed by atoms with E-state index in [1.807, 2.05) is 43.6 Å². The standard InChI is InChI=1S/C28H40N4O5S/c1-5-7-8-18(3)37-16-25(34)31-23(6-2)28(36)32-15-22(33)13-24(32)27(35)29-14-20-9-11-21(12-10-20)26-19(4)30-17-38-26/h9-12,17-18,22-24,33H,5-8,13-16H2,1-4H3,(H,29,35)(H,31,34)/t18-,22+,23-,24-/m0/s1. The van der Waals surface area contributed by atoms with Gasteiger partial charge in [-0.05, 0) is 37.8 Å². The number of aliphatic hydroxyl groups is 1. The number of carbonyl (C=O) groups excluding carboxylic acids is 3. The van der Waals surface area contributed by atoms with Crippen molar-refractivity contribution in [2.45, 2.75) is 90.6 Å². The van der Waals surface area contributed by atoms with E-state index in [2.05, 4.69) is 22.5 Å². The lowest BCUT2D eigenvalue weighted by molar-refractivity contribution is -0.142. The molecule has 208 valence electrons. The molecule has 0 radical (unpaired) electrons. The molecular formula is C28H40N4O5S. The van der Waals surface area contributed by atoms with Crippen LogP contribution in [0.15, 0.2) is 29.8 Å². The third kappa shape index (κ3) is 8.09. The molecule has 3 amide bonds. The number of carbonyl (C=O) groups is 3. The van der Waals surface area contributed by atoms with Crippen molar-refractivity contribution in [1.29, 1.82) is 0 Å². The summed E-state index contributed by atoms with van der Waals surface area (Å²) in [7, 11) is 0. The minimum atomic E-state index is -0.799. The first-order valence-corrected chi connectivity index (χ1v) is 14.3. The summed E-state index contributed by atoms with van der Waals surface area (Å²) in [6, 6.07) is 6.32. The van der Waals surface area contributed by atoms with Gasteiger partial charge in [0.1, 0.15) is 18.7 Å². The summed E-state index contributed by atoms with van der Waals surface area (Å²) in [5, 5.41) is 15.9. The maximum absolute atomic E-state index is 13.3. The van der Waals surface area contributed by atoms with Crippen molar-refractivity contribution < 1.29 is 24.2 Å². The quantitative estimate of drug-likeness (QED) is 0.356. The maximum Gasteiger partial charge on any atom is 0.246 e. The predicted octanol–water partition coefficient (Wildman–Crippen LogP) is 3.19. The van der Waals surface area contributed by atoms with Gasteiger partial charge in [-0.2, -0.15) is 0 Å². The monoisotopic (exact) mass is 544 g/mol. The third-order valence-electron chi connectivity index (χ3n) is 6.80. The second kappa shape index (κ2) is 14.4. The van der Waals surface area contributed by atoms with Crippen LogP contribution in [-0.2, 0) is 25.7 Å². The second-order valence-electron chi connectivity index (χ2n) is 9.87. The summed E-state index contributed by atoms with van der Waals surface area (Å²) in [6.07, 6.45) is 2.64. The molecule has 0 unspecified atom stereocenters. The van der Waals surface area contributed by atoms with E-state index in [9.17, 15) is 19.5 Å². The van der Waals surface area contributed by atoms with Gasteiger partial charge in [-0.1, -0.05) is 51.0 Å². The summed E-state index contributed by atoms with van der Waals surface area (Å²) in [4.78, 5) is 45.5. The number of hydrogen-bond acceptors (Lipinski definition) is 7. The van der Waals surface area contributed by atoms with E-state index in [1.165, 1.54) is 4.90 Å². The summed E-state index contributed by atoms with van der Waals surface area (Å²) >= 11 is 1.59. The Labute approximate surface area is 229 Å². The van der Waals surface area contributed by atoms with Crippen LogP contribution in [0.25, 0.3) is 10.4 Å². The van der Waals surface area contributed by atoms with Crippen molar-refractivity contribution in [3.05, 3.63) is 41.0 Å². The Morgan fingerprint density at radius 3 is 2.61 bits per heavy atom. The lowest BCUT2D eigenvalue weighted by Gasteiger charge is -2.28. The highest BCUT2D eigenvalue weighted by atomic mass is 32.1. The lowest BCUT2D eigenvalue weighted by atomic mass is 10.1. The van der Waals surface area contributed by atoms with Crippen LogP contribution >= 0.6 is 11.3 Å². The molecule has 0 bridgehead atoms. The van der Waals surface area contributed by atoms with Gasteiger partial charge in [-0.25, -0.2) is 4.98 Å². The zero-order valence-corrected chi connectivity index (χ0v) is 23.6. The Balaban J connectivity index is 1.54. The molecule has 3 N–H and O–H groups in total. The van der Waals surface area contributed by atoms with E-state index in [1.54, 1.807) is 18.3 Å². The first kappa shape index (κ1) is 29.7. The van der Waals surface area contributed by atoms with Crippen LogP contribution in [0, 0.1) is 6.92 Å². The molecular weight excluding hydrogens is 504 g/mol. The molecule has 1 saturated heterocycles. The van der Waals surface area contributed by atoms with Crippen molar-refractivity contribution >= 4 is 29.1 Å². The summed E-state index contributed by atoms with van der Waals surface area (Å²) in [6.45, 7) is 8.03. The Hall–Kier alpha value is -2.82. The number of β-amino-alcohol motifs (C(OH)–C–C–N with tert-alkyl or cyclic N) is 1. The van der Waals surface area contributed by atoms with Gasteiger partial charge in [-0.3, -0.25) is 14.4 Å². The topological polar surface area (TPSA) is 121 Å². The molecule has 2 aromatic rings. The highest BCUT2D eigenvalue weighted by Crippen LogP contribution is 2.27. The van der Waals surface area contributed by atoms with Crippen molar-refractivity contribution in [2.75, 3.05) is 13.2 Å². The fraction of sp³-hybridized carbons (Fsp3) is 0.571. The summed E-state index contributed by atoms with van der Waals surface area (Å²) in [5.74, 6) is -1.07. The summed E-state index contributed by atoms with van der Waals surface area (Å²) < 4.78 is 5.60. The maximum atomic E-state index is 13.3. The molecule has 9 nitrogen and oxygen atoms in total. The Kier molecular flexibility index (Phi) is 11.2. The molecule has 1 aliphatic rings. The van der Waals surface area contributed by atoms with E-state index in [-0.39, 0.29) is 43.4 Å². The van der Waals surface area contributed by atoms with Crippen molar-refractivity contribution in [3.8, 4) is 10.4 Å². The van der Waals surface area contributed by atoms with Gasteiger partial charge < -0.3 is 25.4 Å².